The monoisotopic (exact) mass is 282 g/mol. The Balaban J connectivity index is 2.46. The Morgan fingerprint density at radius 1 is 1.05 bits per heavy atom. The van der Waals surface area contributed by atoms with Gasteiger partial charge in [-0.1, -0.05) is 38.1 Å². The molecule has 0 saturated carbocycles. The summed E-state index contributed by atoms with van der Waals surface area (Å²) in [6.07, 6.45) is 0. The number of nitrogens with zero attached hydrogens (tertiary/aromatic N) is 2. The molecular formula is C17H15FN2O. The largest absolute Gasteiger partial charge is 0.268 e. The zero-order chi connectivity index (χ0) is 15.0. The van der Waals surface area contributed by atoms with Gasteiger partial charge in [0.25, 0.3) is 5.56 Å². The van der Waals surface area contributed by atoms with Crippen molar-refractivity contribution in [2.45, 2.75) is 19.8 Å². The van der Waals surface area contributed by atoms with Crippen molar-refractivity contribution >= 4 is 10.9 Å². The van der Waals surface area contributed by atoms with Crippen LogP contribution >= 0.6 is 0 Å². The van der Waals surface area contributed by atoms with Gasteiger partial charge < -0.3 is 0 Å². The zero-order valence-electron chi connectivity index (χ0n) is 11.9. The van der Waals surface area contributed by atoms with Gasteiger partial charge in [0.1, 0.15) is 11.6 Å². The molecule has 0 aliphatic rings. The lowest BCUT2D eigenvalue weighted by molar-refractivity contribution is 0.606. The highest BCUT2D eigenvalue weighted by molar-refractivity contribution is 5.77. The summed E-state index contributed by atoms with van der Waals surface area (Å²) in [7, 11) is 0. The number of fused-ring (bicyclic) bond motifs is 1. The molecule has 0 N–H and O–H groups in total. The van der Waals surface area contributed by atoms with E-state index >= 15 is 0 Å². The minimum Gasteiger partial charge on any atom is -0.268 e. The second kappa shape index (κ2) is 5.13. The van der Waals surface area contributed by atoms with Crippen molar-refractivity contribution in [1.82, 2.24) is 9.55 Å². The van der Waals surface area contributed by atoms with Crippen molar-refractivity contribution in [3.05, 3.63) is 70.5 Å². The molecule has 4 heteroatoms. The van der Waals surface area contributed by atoms with Crippen LogP contribution in [0, 0.1) is 5.82 Å². The van der Waals surface area contributed by atoms with E-state index < -0.39 is 5.82 Å². The summed E-state index contributed by atoms with van der Waals surface area (Å²) in [4.78, 5) is 17.3. The van der Waals surface area contributed by atoms with Crippen molar-refractivity contribution in [3.8, 4) is 5.69 Å². The minimum absolute atomic E-state index is 0.00177. The van der Waals surface area contributed by atoms with Gasteiger partial charge in [0.2, 0.25) is 0 Å². The van der Waals surface area contributed by atoms with Crippen LogP contribution in [0.15, 0.2) is 53.3 Å². The van der Waals surface area contributed by atoms with Crippen LogP contribution in [0.2, 0.25) is 0 Å². The fourth-order valence-corrected chi connectivity index (χ4v) is 2.40. The van der Waals surface area contributed by atoms with Gasteiger partial charge in [-0.25, -0.2) is 9.37 Å². The molecule has 0 spiro atoms. The predicted molar refractivity (Wildman–Crippen MR) is 81.4 cm³/mol. The van der Waals surface area contributed by atoms with Crippen molar-refractivity contribution in [2.24, 2.45) is 0 Å². The zero-order valence-corrected chi connectivity index (χ0v) is 11.9. The Kier molecular flexibility index (Phi) is 3.29. The molecule has 0 fully saturated rings. The number of aromatic nitrogens is 2. The average Bonchev–Trinajstić information content (AvgIpc) is 2.48. The first-order valence-corrected chi connectivity index (χ1v) is 6.86. The molecule has 0 unspecified atom stereocenters. The average molecular weight is 282 g/mol. The van der Waals surface area contributed by atoms with E-state index in [4.69, 9.17) is 0 Å². The Hall–Kier alpha value is -2.49. The van der Waals surface area contributed by atoms with Crippen LogP contribution in [-0.2, 0) is 0 Å². The van der Waals surface area contributed by atoms with Crippen LogP contribution in [0.4, 0.5) is 4.39 Å². The van der Waals surface area contributed by atoms with Crippen LogP contribution in [0.3, 0.4) is 0 Å². The van der Waals surface area contributed by atoms with E-state index in [9.17, 15) is 9.18 Å². The Morgan fingerprint density at radius 3 is 2.43 bits per heavy atom. The van der Waals surface area contributed by atoms with Crippen LogP contribution in [0.1, 0.15) is 25.6 Å². The van der Waals surface area contributed by atoms with Gasteiger partial charge in [0.15, 0.2) is 0 Å². The van der Waals surface area contributed by atoms with E-state index in [1.165, 1.54) is 10.6 Å². The number of halogens is 1. The number of para-hydroxylation sites is 2. The van der Waals surface area contributed by atoms with E-state index in [0.29, 0.717) is 16.7 Å². The van der Waals surface area contributed by atoms with Crippen LogP contribution in [-0.4, -0.2) is 9.55 Å². The maximum absolute atomic E-state index is 14.1. The highest BCUT2D eigenvalue weighted by atomic mass is 19.1. The lowest BCUT2D eigenvalue weighted by Crippen LogP contribution is -2.25. The molecule has 21 heavy (non-hydrogen) atoms. The van der Waals surface area contributed by atoms with Gasteiger partial charge in [-0.05, 0) is 24.3 Å². The maximum atomic E-state index is 14.1. The molecule has 1 heterocycles. The van der Waals surface area contributed by atoms with Gasteiger partial charge in [0.05, 0.1) is 16.6 Å². The van der Waals surface area contributed by atoms with E-state index in [1.54, 1.807) is 36.4 Å². The molecule has 0 amide bonds. The number of benzene rings is 2. The molecule has 0 radical (unpaired) electrons. The molecule has 2 aromatic carbocycles. The molecule has 106 valence electrons. The molecule has 3 rings (SSSR count). The molecule has 0 bridgehead atoms. The summed E-state index contributed by atoms with van der Waals surface area (Å²) in [5.74, 6) is 0.129. The second-order valence-corrected chi connectivity index (χ2v) is 5.23. The topological polar surface area (TPSA) is 34.9 Å². The highest BCUT2D eigenvalue weighted by Gasteiger charge is 2.17. The standard InChI is InChI=1S/C17H15FN2O/c1-11(2)16-19-14-9-5-3-7-12(14)17(21)20(16)15-10-6-4-8-13(15)18/h3-11H,1-2H3. The molecule has 3 nitrogen and oxygen atoms in total. The normalized spacial score (nSPS) is 11.2. The quantitative estimate of drug-likeness (QED) is 0.719. The number of hydrogen-bond donors (Lipinski definition) is 0. The fraction of sp³-hybridized carbons (Fsp3) is 0.176. The van der Waals surface area contributed by atoms with Crippen LogP contribution < -0.4 is 5.56 Å². The summed E-state index contributed by atoms with van der Waals surface area (Å²) in [6, 6.07) is 13.4. The lowest BCUT2D eigenvalue weighted by atomic mass is 10.1. The van der Waals surface area contributed by atoms with Gasteiger partial charge in [-0.3, -0.25) is 9.36 Å². The SMILES string of the molecule is CC(C)c1nc2ccccc2c(=O)n1-c1ccccc1F. The molecule has 0 saturated heterocycles. The van der Waals surface area contributed by atoms with Crippen molar-refractivity contribution in [1.29, 1.82) is 0 Å². The smallest absolute Gasteiger partial charge is 0.266 e. The third kappa shape index (κ3) is 2.23. The minimum atomic E-state index is -0.432. The van der Waals surface area contributed by atoms with E-state index in [-0.39, 0.29) is 17.2 Å². The lowest BCUT2D eigenvalue weighted by Gasteiger charge is -2.16. The Morgan fingerprint density at radius 2 is 1.71 bits per heavy atom. The first kappa shape index (κ1) is 13.5. The molecule has 0 atom stereocenters. The summed E-state index contributed by atoms with van der Waals surface area (Å²) < 4.78 is 15.5. The van der Waals surface area contributed by atoms with E-state index in [0.717, 1.165) is 0 Å². The van der Waals surface area contributed by atoms with Crippen LogP contribution in [0.25, 0.3) is 16.6 Å². The molecule has 1 aromatic heterocycles. The summed E-state index contributed by atoms with van der Waals surface area (Å²) in [5, 5.41) is 0.491. The Labute approximate surface area is 121 Å². The van der Waals surface area contributed by atoms with Crippen molar-refractivity contribution < 1.29 is 4.39 Å². The van der Waals surface area contributed by atoms with Gasteiger partial charge in [0, 0.05) is 5.92 Å². The fourth-order valence-electron chi connectivity index (χ4n) is 2.40. The Bertz CT molecular complexity index is 868. The summed E-state index contributed by atoms with van der Waals surface area (Å²) in [5.41, 5.74) is 0.637. The van der Waals surface area contributed by atoms with Crippen LogP contribution in [0.5, 0.6) is 0 Å². The van der Waals surface area contributed by atoms with Crippen molar-refractivity contribution in [2.75, 3.05) is 0 Å². The molecular weight excluding hydrogens is 267 g/mol. The van der Waals surface area contributed by atoms with Gasteiger partial charge in [-0.2, -0.15) is 0 Å². The third-order valence-corrected chi connectivity index (χ3v) is 3.41. The number of rotatable bonds is 2. The molecule has 3 aromatic rings. The maximum Gasteiger partial charge on any atom is 0.266 e. The van der Waals surface area contributed by atoms with E-state index in [1.807, 2.05) is 19.9 Å². The summed E-state index contributed by atoms with van der Waals surface area (Å²) >= 11 is 0. The molecule has 0 aliphatic carbocycles. The van der Waals surface area contributed by atoms with Crippen molar-refractivity contribution in [3.63, 3.8) is 0 Å². The first-order chi connectivity index (χ1) is 10.1. The molecule has 0 aliphatic heterocycles. The number of hydrogen-bond acceptors (Lipinski definition) is 2. The van der Waals surface area contributed by atoms with E-state index in [2.05, 4.69) is 4.98 Å². The van der Waals surface area contributed by atoms with Gasteiger partial charge in [-0.15, -0.1) is 0 Å². The first-order valence-electron chi connectivity index (χ1n) is 6.86. The highest BCUT2D eigenvalue weighted by Crippen LogP contribution is 2.20. The predicted octanol–water partition coefficient (Wildman–Crippen LogP) is 3.65. The third-order valence-electron chi connectivity index (χ3n) is 3.41. The van der Waals surface area contributed by atoms with Gasteiger partial charge >= 0.3 is 0 Å². The second-order valence-electron chi connectivity index (χ2n) is 5.23. The summed E-state index contributed by atoms with van der Waals surface area (Å²) in [6.45, 7) is 3.88.